The molecule has 0 spiro atoms. The van der Waals surface area contributed by atoms with Gasteiger partial charge in [-0.25, -0.2) is 4.98 Å². The number of aromatic nitrogens is 2. The molecule has 1 N–H and O–H groups in total. The zero-order chi connectivity index (χ0) is 13.1. The fourth-order valence-electron chi connectivity index (χ4n) is 2.39. The summed E-state index contributed by atoms with van der Waals surface area (Å²) >= 11 is 0. The van der Waals surface area contributed by atoms with Crippen molar-refractivity contribution in [2.24, 2.45) is 5.92 Å². The molecule has 1 aromatic heterocycles. The van der Waals surface area contributed by atoms with Crippen LogP contribution in [0.1, 0.15) is 51.8 Å². The van der Waals surface area contributed by atoms with E-state index in [0.717, 1.165) is 30.6 Å². The number of hydrogen-bond acceptors (Lipinski definition) is 3. The zero-order valence-corrected chi connectivity index (χ0v) is 11.6. The molecule has 1 unspecified atom stereocenters. The summed E-state index contributed by atoms with van der Waals surface area (Å²) in [6.07, 6.45) is 3.65. The SMILES string of the molecule is CC1CCCN(c2cc(=O)[nH]c(C(C)C)n2)CC1. The molecule has 1 atom stereocenters. The van der Waals surface area contributed by atoms with Gasteiger partial charge in [0.25, 0.3) is 5.56 Å². The van der Waals surface area contributed by atoms with Crippen molar-refractivity contribution in [3.05, 3.63) is 22.2 Å². The molecule has 18 heavy (non-hydrogen) atoms. The first-order chi connectivity index (χ1) is 8.56. The Morgan fingerprint density at radius 1 is 1.39 bits per heavy atom. The van der Waals surface area contributed by atoms with E-state index in [2.05, 4.69) is 21.8 Å². The highest BCUT2D eigenvalue weighted by atomic mass is 16.1. The lowest BCUT2D eigenvalue weighted by Gasteiger charge is -2.22. The molecule has 0 aromatic carbocycles. The van der Waals surface area contributed by atoms with Gasteiger partial charge in [-0.2, -0.15) is 0 Å². The van der Waals surface area contributed by atoms with Gasteiger partial charge in [-0.05, 0) is 25.2 Å². The summed E-state index contributed by atoms with van der Waals surface area (Å²) in [5.74, 6) is 2.66. The Kier molecular flexibility index (Phi) is 4.04. The lowest BCUT2D eigenvalue weighted by molar-refractivity contribution is 0.521. The van der Waals surface area contributed by atoms with Crippen molar-refractivity contribution in [3.8, 4) is 0 Å². The van der Waals surface area contributed by atoms with E-state index in [0.29, 0.717) is 0 Å². The molecule has 4 nitrogen and oxygen atoms in total. The number of H-pyrrole nitrogens is 1. The Morgan fingerprint density at radius 2 is 2.17 bits per heavy atom. The molecule has 2 rings (SSSR count). The van der Waals surface area contributed by atoms with Crippen LogP contribution < -0.4 is 10.5 Å². The Morgan fingerprint density at radius 3 is 2.89 bits per heavy atom. The van der Waals surface area contributed by atoms with E-state index in [-0.39, 0.29) is 11.5 Å². The first-order valence-corrected chi connectivity index (χ1v) is 6.92. The van der Waals surface area contributed by atoms with Gasteiger partial charge in [0, 0.05) is 25.1 Å². The summed E-state index contributed by atoms with van der Waals surface area (Å²) in [7, 11) is 0. The van der Waals surface area contributed by atoms with Gasteiger partial charge in [0.2, 0.25) is 0 Å². The van der Waals surface area contributed by atoms with Gasteiger partial charge in [-0.1, -0.05) is 20.8 Å². The van der Waals surface area contributed by atoms with Crippen LogP contribution in [-0.2, 0) is 0 Å². The first-order valence-electron chi connectivity index (χ1n) is 6.92. The molecule has 0 radical (unpaired) electrons. The summed E-state index contributed by atoms with van der Waals surface area (Å²) in [5.41, 5.74) is -0.0407. The van der Waals surface area contributed by atoms with Gasteiger partial charge in [0.1, 0.15) is 11.6 Å². The fourth-order valence-corrected chi connectivity index (χ4v) is 2.39. The fraction of sp³-hybridized carbons (Fsp3) is 0.714. The highest BCUT2D eigenvalue weighted by Gasteiger charge is 2.16. The monoisotopic (exact) mass is 249 g/mol. The minimum Gasteiger partial charge on any atom is -0.356 e. The summed E-state index contributed by atoms with van der Waals surface area (Å²) in [6, 6.07) is 1.63. The number of rotatable bonds is 2. The van der Waals surface area contributed by atoms with Crippen molar-refractivity contribution in [1.82, 2.24) is 9.97 Å². The maximum absolute atomic E-state index is 11.7. The van der Waals surface area contributed by atoms with Crippen LogP contribution in [0.5, 0.6) is 0 Å². The molecule has 2 heterocycles. The van der Waals surface area contributed by atoms with E-state index in [4.69, 9.17) is 0 Å². The Hall–Kier alpha value is -1.32. The van der Waals surface area contributed by atoms with E-state index in [1.165, 1.54) is 19.3 Å². The van der Waals surface area contributed by atoms with Gasteiger partial charge in [0.15, 0.2) is 0 Å². The molecule has 0 aliphatic carbocycles. The number of nitrogens with zero attached hydrogens (tertiary/aromatic N) is 2. The van der Waals surface area contributed by atoms with Crippen LogP contribution in [0, 0.1) is 5.92 Å². The predicted molar refractivity (Wildman–Crippen MR) is 74.2 cm³/mol. The standard InChI is InChI=1S/C14H23N3O/c1-10(2)14-15-12(9-13(18)16-14)17-7-4-5-11(3)6-8-17/h9-11H,4-8H2,1-3H3,(H,15,16,18). The van der Waals surface area contributed by atoms with Crippen LogP contribution in [-0.4, -0.2) is 23.1 Å². The average molecular weight is 249 g/mol. The van der Waals surface area contributed by atoms with E-state index < -0.39 is 0 Å². The lowest BCUT2D eigenvalue weighted by atomic mass is 10.0. The average Bonchev–Trinajstić information content (AvgIpc) is 2.53. The molecule has 1 aliphatic heterocycles. The minimum absolute atomic E-state index is 0.0407. The zero-order valence-electron chi connectivity index (χ0n) is 11.6. The van der Waals surface area contributed by atoms with Gasteiger partial charge in [-0.15, -0.1) is 0 Å². The number of nitrogens with one attached hydrogen (secondary N) is 1. The normalized spacial score (nSPS) is 21.1. The largest absolute Gasteiger partial charge is 0.356 e. The molecule has 1 saturated heterocycles. The molecule has 1 aliphatic rings. The van der Waals surface area contributed by atoms with Gasteiger partial charge in [0.05, 0.1) is 0 Å². The number of aromatic amines is 1. The third-order valence-electron chi connectivity index (χ3n) is 3.63. The minimum atomic E-state index is -0.0407. The Labute approximate surface area is 108 Å². The molecule has 4 heteroatoms. The van der Waals surface area contributed by atoms with Crippen LogP contribution in [0.15, 0.2) is 10.9 Å². The molecule has 100 valence electrons. The second-order valence-electron chi connectivity index (χ2n) is 5.67. The number of hydrogen-bond donors (Lipinski definition) is 1. The van der Waals surface area contributed by atoms with Crippen LogP contribution in [0.2, 0.25) is 0 Å². The maximum atomic E-state index is 11.7. The maximum Gasteiger partial charge on any atom is 0.252 e. The molecule has 0 amide bonds. The molecular weight excluding hydrogens is 226 g/mol. The van der Waals surface area contributed by atoms with E-state index in [1.807, 2.05) is 13.8 Å². The van der Waals surface area contributed by atoms with Gasteiger partial charge in [-0.3, -0.25) is 4.79 Å². The van der Waals surface area contributed by atoms with E-state index in [1.54, 1.807) is 6.07 Å². The first kappa shape index (κ1) is 13.1. The quantitative estimate of drug-likeness (QED) is 0.876. The van der Waals surface area contributed by atoms with Crippen molar-refractivity contribution in [2.45, 2.75) is 46.0 Å². The Balaban J connectivity index is 2.24. The van der Waals surface area contributed by atoms with E-state index in [9.17, 15) is 4.79 Å². The van der Waals surface area contributed by atoms with Crippen molar-refractivity contribution < 1.29 is 0 Å². The molecule has 0 bridgehead atoms. The van der Waals surface area contributed by atoms with Crippen LogP contribution in [0.3, 0.4) is 0 Å². The van der Waals surface area contributed by atoms with Crippen molar-refractivity contribution in [1.29, 1.82) is 0 Å². The summed E-state index contributed by atoms with van der Waals surface area (Å²) in [6.45, 7) is 8.42. The molecule has 0 saturated carbocycles. The highest BCUT2D eigenvalue weighted by Crippen LogP contribution is 2.20. The highest BCUT2D eigenvalue weighted by molar-refractivity contribution is 5.37. The topological polar surface area (TPSA) is 49.0 Å². The predicted octanol–water partition coefficient (Wildman–Crippen LogP) is 2.52. The lowest BCUT2D eigenvalue weighted by Crippen LogP contribution is -2.27. The third kappa shape index (κ3) is 3.12. The van der Waals surface area contributed by atoms with Gasteiger partial charge < -0.3 is 9.88 Å². The van der Waals surface area contributed by atoms with Crippen molar-refractivity contribution in [2.75, 3.05) is 18.0 Å². The second-order valence-corrected chi connectivity index (χ2v) is 5.67. The summed E-state index contributed by atoms with van der Waals surface area (Å²) in [4.78, 5) is 21.4. The van der Waals surface area contributed by atoms with Crippen LogP contribution in [0.25, 0.3) is 0 Å². The summed E-state index contributed by atoms with van der Waals surface area (Å²) in [5, 5.41) is 0. The smallest absolute Gasteiger partial charge is 0.252 e. The molecule has 1 fully saturated rings. The number of anilines is 1. The van der Waals surface area contributed by atoms with Crippen LogP contribution in [0.4, 0.5) is 5.82 Å². The molecular formula is C14H23N3O. The third-order valence-corrected chi connectivity index (χ3v) is 3.63. The van der Waals surface area contributed by atoms with E-state index >= 15 is 0 Å². The van der Waals surface area contributed by atoms with Crippen LogP contribution >= 0.6 is 0 Å². The van der Waals surface area contributed by atoms with Crippen molar-refractivity contribution in [3.63, 3.8) is 0 Å². The van der Waals surface area contributed by atoms with Gasteiger partial charge >= 0.3 is 0 Å². The molecule has 1 aromatic rings. The second kappa shape index (κ2) is 5.55. The summed E-state index contributed by atoms with van der Waals surface area (Å²) < 4.78 is 0. The van der Waals surface area contributed by atoms with Crippen molar-refractivity contribution >= 4 is 5.82 Å². The Bertz CT molecular complexity index is 453.